The molecular weight excluding hydrogens is 252 g/mol. The second kappa shape index (κ2) is 4.96. The molecule has 0 fully saturated rings. The van der Waals surface area contributed by atoms with Gasteiger partial charge in [-0.1, -0.05) is 29.8 Å². The highest BCUT2D eigenvalue weighted by atomic mass is 19.4. The van der Waals surface area contributed by atoms with Gasteiger partial charge in [-0.3, -0.25) is 0 Å². The minimum atomic E-state index is -5.37. The van der Waals surface area contributed by atoms with Crippen molar-refractivity contribution in [2.75, 3.05) is 6.61 Å². The van der Waals surface area contributed by atoms with E-state index in [2.05, 4.69) is 4.74 Å². The van der Waals surface area contributed by atoms with Crippen LogP contribution < -0.4 is 0 Å². The fraction of sp³-hybridized carbons (Fsp3) is 0.417. The lowest BCUT2D eigenvalue weighted by atomic mass is 9.94. The van der Waals surface area contributed by atoms with Gasteiger partial charge in [0.1, 0.15) is 0 Å². The zero-order valence-electron chi connectivity index (χ0n) is 9.84. The zero-order chi connectivity index (χ0) is 14.0. The van der Waals surface area contributed by atoms with Crippen LogP contribution in [-0.4, -0.2) is 18.8 Å². The van der Waals surface area contributed by atoms with Crippen LogP contribution in [0.4, 0.5) is 17.6 Å². The first-order valence-corrected chi connectivity index (χ1v) is 5.23. The van der Waals surface area contributed by atoms with E-state index in [-0.39, 0.29) is 6.61 Å². The van der Waals surface area contributed by atoms with E-state index >= 15 is 0 Å². The first kappa shape index (κ1) is 14.5. The summed E-state index contributed by atoms with van der Waals surface area (Å²) >= 11 is 0. The Hall–Kier alpha value is -1.59. The first-order chi connectivity index (χ1) is 8.23. The maximum absolute atomic E-state index is 14.2. The summed E-state index contributed by atoms with van der Waals surface area (Å²) in [6, 6.07) is 4.65. The minimum Gasteiger partial charge on any atom is -0.463 e. The number of rotatable bonds is 3. The van der Waals surface area contributed by atoms with Crippen molar-refractivity contribution in [1.82, 2.24) is 0 Å². The van der Waals surface area contributed by atoms with Crippen molar-refractivity contribution in [1.29, 1.82) is 0 Å². The summed E-state index contributed by atoms with van der Waals surface area (Å²) in [7, 11) is 0. The number of hydrogen-bond acceptors (Lipinski definition) is 2. The summed E-state index contributed by atoms with van der Waals surface area (Å²) < 4.78 is 56.8. The van der Waals surface area contributed by atoms with Crippen LogP contribution in [0.25, 0.3) is 0 Å². The van der Waals surface area contributed by atoms with Crippen LogP contribution in [0.3, 0.4) is 0 Å². The van der Waals surface area contributed by atoms with E-state index in [0.717, 1.165) is 12.1 Å². The van der Waals surface area contributed by atoms with E-state index < -0.39 is 23.4 Å². The van der Waals surface area contributed by atoms with Crippen molar-refractivity contribution in [3.05, 3.63) is 35.4 Å². The lowest BCUT2D eigenvalue weighted by molar-refractivity contribution is -0.243. The molecule has 0 amide bonds. The molecule has 1 aromatic carbocycles. The van der Waals surface area contributed by atoms with Crippen LogP contribution in [0.15, 0.2) is 24.3 Å². The third kappa shape index (κ3) is 2.47. The number of carbonyl (C=O) groups is 1. The molecule has 0 bridgehead atoms. The molecule has 0 aliphatic carbocycles. The highest BCUT2D eigenvalue weighted by molar-refractivity contribution is 5.82. The second-order valence-electron chi connectivity index (χ2n) is 3.75. The van der Waals surface area contributed by atoms with Crippen molar-refractivity contribution in [2.45, 2.75) is 25.7 Å². The average molecular weight is 264 g/mol. The van der Waals surface area contributed by atoms with Gasteiger partial charge < -0.3 is 4.74 Å². The van der Waals surface area contributed by atoms with Crippen molar-refractivity contribution in [3.63, 3.8) is 0 Å². The first-order valence-electron chi connectivity index (χ1n) is 5.23. The Morgan fingerprint density at radius 3 is 2.33 bits per heavy atom. The van der Waals surface area contributed by atoms with E-state index in [4.69, 9.17) is 0 Å². The molecule has 1 aromatic rings. The molecule has 2 nitrogen and oxygen atoms in total. The summed E-state index contributed by atoms with van der Waals surface area (Å²) in [5.41, 5.74) is -4.48. The second-order valence-corrected chi connectivity index (χ2v) is 3.75. The van der Waals surface area contributed by atoms with Crippen molar-refractivity contribution >= 4 is 5.97 Å². The Kier molecular flexibility index (Phi) is 3.98. The van der Waals surface area contributed by atoms with E-state index in [9.17, 15) is 22.4 Å². The molecule has 1 unspecified atom stereocenters. The lowest BCUT2D eigenvalue weighted by Gasteiger charge is -2.26. The van der Waals surface area contributed by atoms with Gasteiger partial charge in [-0.2, -0.15) is 13.2 Å². The number of hydrogen-bond donors (Lipinski definition) is 0. The van der Waals surface area contributed by atoms with E-state index in [1.165, 1.54) is 26.0 Å². The number of esters is 1. The molecule has 0 N–H and O–H groups in total. The number of carbonyl (C=O) groups excluding carboxylic acids is 1. The normalized spacial score (nSPS) is 15.0. The van der Waals surface area contributed by atoms with Gasteiger partial charge >= 0.3 is 17.8 Å². The smallest absolute Gasteiger partial charge is 0.437 e. The molecule has 0 aliphatic heterocycles. The van der Waals surface area contributed by atoms with Gasteiger partial charge in [-0.05, 0) is 13.8 Å². The summed E-state index contributed by atoms with van der Waals surface area (Å²) in [6.45, 7) is 2.49. The molecule has 6 heteroatoms. The van der Waals surface area contributed by atoms with Gasteiger partial charge in [0.15, 0.2) is 0 Å². The number of aryl methyl sites for hydroxylation is 1. The summed E-state index contributed by atoms with van der Waals surface area (Å²) in [5, 5.41) is 0. The van der Waals surface area contributed by atoms with Crippen LogP contribution in [0.5, 0.6) is 0 Å². The quantitative estimate of drug-likeness (QED) is 0.618. The summed E-state index contributed by atoms with van der Waals surface area (Å²) in [4.78, 5) is 11.3. The van der Waals surface area contributed by atoms with Gasteiger partial charge in [-0.25, -0.2) is 9.18 Å². The predicted octanol–water partition coefficient (Wildman–Crippen LogP) is 3.29. The fourth-order valence-corrected chi connectivity index (χ4v) is 1.49. The molecule has 100 valence electrons. The Balaban J connectivity index is 3.34. The molecule has 0 saturated heterocycles. The number of ether oxygens (including phenoxy) is 1. The molecule has 1 atom stereocenters. The van der Waals surface area contributed by atoms with Crippen molar-refractivity contribution in [3.8, 4) is 0 Å². The minimum absolute atomic E-state index is 0.327. The van der Waals surface area contributed by atoms with E-state index in [0.29, 0.717) is 5.56 Å². The van der Waals surface area contributed by atoms with Crippen molar-refractivity contribution < 1.29 is 27.1 Å². The molecular formula is C12H12F4O2. The molecule has 18 heavy (non-hydrogen) atoms. The molecule has 0 aliphatic rings. The largest absolute Gasteiger partial charge is 0.463 e. The third-order valence-corrected chi connectivity index (χ3v) is 2.36. The molecule has 0 aromatic heterocycles. The number of halogens is 4. The van der Waals surface area contributed by atoms with Crippen LogP contribution >= 0.6 is 0 Å². The van der Waals surface area contributed by atoms with E-state index in [1.807, 2.05) is 0 Å². The Morgan fingerprint density at radius 2 is 1.89 bits per heavy atom. The molecule has 0 saturated carbocycles. The van der Waals surface area contributed by atoms with E-state index in [1.54, 1.807) is 0 Å². The third-order valence-electron chi connectivity index (χ3n) is 2.36. The van der Waals surface area contributed by atoms with Crippen LogP contribution in [-0.2, 0) is 15.2 Å². The molecule has 0 radical (unpaired) electrons. The Bertz CT molecular complexity index is 442. The van der Waals surface area contributed by atoms with Gasteiger partial charge in [0.05, 0.1) is 6.61 Å². The van der Waals surface area contributed by atoms with Crippen LogP contribution in [0, 0.1) is 6.92 Å². The van der Waals surface area contributed by atoms with Gasteiger partial charge in [0, 0.05) is 5.56 Å². The van der Waals surface area contributed by atoms with Crippen LogP contribution in [0.1, 0.15) is 18.1 Å². The molecule has 0 heterocycles. The number of alkyl halides is 4. The summed E-state index contributed by atoms with van der Waals surface area (Å²) in [5.74, 6) is -1.94. The highest BCUT2D eigenvalue weighted by Crippen LogP contribution is 2.43. The zero-order valence-corrected chi connectivity index (χ0v) is 9.84. The lowest BCUT2D eigenvalue weighted by Crippen LogP contribution is -2.46. The molecule has 1 rings (SSSR count). The SMILES string of the molecule is CCOC(=O)C(F)(c1cccc(C)c1)C(F)(F)F. The van der Waals surface area contributed by atoms with Gasteiger partial charge in [0.2, 0.25) is 0 Å². The Morgan fingerprint density at radius 1 is 1.28 bits per heavy atom. The van der Waals surface area contributed by atoms with Crippen molar-refractivity contribution in [2.24, 2.45) is 0 Å². The standard InChI is InChI=1S/C12H12F4O2/c1-3-18-10(17)11(13,12(14,15)16)9-6-4-5-8(2)7-9/h4-7H,3H2,1-2H3. The topological polar surface area (TPSA) is 26.3 Å². The van der Waals surface area contributed by atoms with Gasteiger partial charge in [0.25, 0.3) is 0 Å². The monoisotopic (exact) mass is 264 g/mol. The average Bonchev–Trinajstić information content (AvgIpc) is 2.26. The fourth-order valence-electron chi connectivity index (χ4n) is 1.49. The van der Waals surface area contributed by atoms with Gasteiger partial charge in [-0.15, -0.1) is 0 Å². The highest BCUT2D eigenvalue weighted by Gasteiger charge is 2.64. The maximum Gasteiger partial charge on any atom is 0.437 e. The molecule has 0 spiro atoms. The predicted molar refractivity (Wildman–Crippen MR) is 56.7 cm³/mol. The Labute approximate surface area is 102 Å². The van der Waals surface area contributed by atoms with Crippen LogP contribution in [0.2, 0.25) is 0 Å². The summed E-state index contributed by atoms with van der Waals surface area (Å²) in [6.07, 6.45) is -5.37. The maximum atomic E-state index is 14.2. The number of benzene rings is 1.